The van der Waals surface area contributed by atoms with Crippen LogP contribution in [0, 0.1) is 10.8 Å². The minimum atomic E-state index is -3.45. The second kappa shape index (κ2) is 7.34. The fourth-order valence-corrected chi connectivity index (χ4v) is 5.77. The van der Waals surface area contributed by atoms with Gasteiger partial charge in [0, 0.05) is 29.9 Å². The highest BCUT2D eigenvalue weighted by Gasteiger charge is 2.39. The number of rotatable bonds is 6. The molecule has 1 amide bonds. The first-order valence-electron chi connectivity index (χ1n) is 8.55. The Morgan fingerprint density at radius 1 is 1.40 bits per heavy atom. The van der Waals surface area contributed by atoms with Crippen LogP contribution in [0.3, 0.4) is 0 Å². The van der Waals surface area contributed by atoms with Gasteiger partial charge in [-0.15, -0.1) is 11.3 Å². The molecule has 0 spiro atoms. The van der Waals surface area contributed by atoms with Gasteiger partial charge in [-0.2, -0.15) is 4.31 Å². The van der Waals surface area contributed by atoms with E-state index in [9.17, 15) is 13.2 Å². The molecule has 1 unspecified atom stereocenters. The highest BCUT2D eigenvalue weighted by Crippen LogP contribution is 2.34. The van der Waals surface area contributed by atoms with Crippen LogP contribution in [0.1, 0.15) is 39.0 Å². The summed E-state index contributed by atoms with van der Waals surface area (Å²) in [6.45, 7) is 9.61. The van der Waals surface area contributed by atoms with E-state index in [-0.39, 0.29) is 11.3 Å². The lowest BCUT2D eigenvalue weighted by atomic mass is 9.90. The molecule has 1 saturated heterocycles. The molecular formula is C17H29N3O3S2. The van der Waals surface area contributed by atoms with Gasteiger partial charge in [-0.05, 0) is 36.9 Å². The quantitative estimate of drug-likeness (QED) is 0.779. The van der Waals surface area contributed by atoms with E-state index >= 15 is 0 Å². The maximum atomic E-state index is 12.8. The van der Waals surface area contributed by atoms with Crippen LogP contribution < -0.4 is 11.1 Å². The molecule has 1 aromatic rings. The van der Waals surface area contributed by atoms with Crippen LogP contribution in [0.15, 0.2) is 16.3 Å². The summed E-state index contributed by atoms with van der Waals surface area (Å²) < 4.78 is 27.5. The molecule has 6 nitrogen and oxygen atoms in total. The minimum absolute atomic E-state index is 0.00459. The van der Waals surface area contributed by atoms with Crippen molar-refractivity contribution in [1.82, 2.24) is 9.62 Å². The molecule has 2 heterocycles. The van der Waals surface area contributed by atoms with Crippen molar-refractivity contribution in [3.8, 4) is 0 Å². The van der Waals surface area contributed by atoms with Gasteiger partial charge >= 0.3 is 0 Å². The van der Waals surface area contributed by atoms with E-state index in [1.807, 2.05) is 33.8 Å². The van der Waals surface area contributed by atoms with Crippen LogP contribution in [0.4, 0.5) is 0 Å². The van der Waals surface area contributed by atoms with Crippen molar-refractivity contribution >= 4 is 27.3 Å². The van der Waals surface area contributed by atoms with Gasteiger partial charge in [-0.1, -0.05) is 27.7 Å². The third-order valence-electron chi connectivity index (χ3n) is 4.58. The molecule has 1 aromatic heterocycles. The molecule has 25 heavy (non-hydrogen) atoms. The smallest absolute Gasteiger partial charge is 0.252 e. The number of carbonyl (C=O) groups excluding carboxylic acids is 1. The number of nitrogens with one attached hydrogen (secondary N) is 1. The largest absolute Gasteiger partial charge is 0.355 e. The molecule has 1 atom stereocenters. The number of nitrogens with zero attached hydrogens (tertiary/aromatic N) is 1. The Morgan fingerprint density at radius 2 is 2.08 bits per heavy atom. The molecule has 0 aromatic carbocycles. The second-order valence-electron chi connectivity index (χ2n) is 8.08. The summed E-state index contributed by atoms with van der Waals surface area (Å²) in [5, 5.41) is 2.89. The molecule has 8 heteroatoms. The monoisotopic (exact) mass is 387 g/mol. The van der Waals surface area contributed by atoms with Crippen molar-refractivity contribution < 1.29 is 13.2 Å². The third-order valence-corrected chi connectivity index (χ3v) is 8.04. The van der Waals surface area contributed by atoms with Crippen molar-refractivity contribution in [3.63, 3.8) is 0 Å². The molecule has 1 aliphatic heterocycles. The first-order chi connectivity index (χ1) is 11.5. The van der Waals surface area contributed by atoms with Crippen molar-refractivity contribution in [2.45, 2.75) is 44.7 Å². The Bertz CT molecular complexity index is 722. The van der Waals surface area contributed by atoms with E-state index in [1.165, 1.54) is 15.6 Å². The zero-order valence-corrected chi connectivity index (χ0v) is 17.1. The summed E-state index contributed by atoms with van der Waals surface area (Å²) in [7, 11) is -3.45. The Labute approximate surface area is 154 Å². The van der Waals surface area contributed by atoms with E-state index in [0.717, 1.165) is 11.3 Å². The lowest BCUT2D eigenvalue weighted by Gasteiger charge is -2.21. The predicted octanol–water partition coefficient (Wildman–Crippen LogP) is 1.81. The number of sulfonamides is 1. The molecule has 0 aliphatic carbocycles. The minimum Gasteiger partial charge on any atom is -0.355 e. The van der Waals surface area contributed by atoms with Gasteiger partial charge < -0.3 is 11.1 Å². The average molecular weight is 388 g/mol. The molecule has 142 valence electrons. The van der Waals surface area contributed by atoms with Crippen molar-refractivity contribution in [1.29, 1.82) is 0 Å². The number of nitrogens with two attached hydrogens (primary N) is 1. The first-order valence-corrected chi connectivity index (χ1v) is 10.8. The van der Waals surface area contributed by atoms with E-state index in [4.69, 9.17) is 5.73 Å². The number of hydrogen-bond acceptors (Lipinski definition) is 5. The molecule has 1 fully saturated rings. The zero-order chi connectivity index (χ0) is 18.9. The fourth-order valence-electron chi connectivity index (χ4n) is 2.67. The van der Waals surface area contributed by atoms with Gasteiger partial charge in [-0.25, -0.2) is 8.42 Å². The Morgan fingerprint density at radius 3 is 2.64 bits per heavy atom. The first kappa shape index (κ1) is 20.4. The van der Waals surface area contributed by atoms with E-state index in [1.54, 1.807) is 6.07 Å². The summed E-state index contributed by atoms with van der Waals surface area (Å²) in [5.74, 6) is -0.00459. The molecule has 0 radical (unpaired) electrons. The van der Waals surface area contributed by atoms with Crippen LogP contribution in [0.2, 0.25) is 0 Å². The van der Waals surface area contributed by atoms with Crippen molar-refractivity contribution in [2.24, 2.45) is 16.6 Å². The highest BCUT2D eigenvalue weighted by atomic mass is 32.2. The number of amides is 1. The van der Waals surface area contributed by atoms with Crippen molar-refractivity contribution in [3.05, 3.63) is 17.0 Å². The molecule has 2 rings (SSSR count). The van der Waals surface area contributed by atoms with Gasteiger partial charge in [0.15, 0.2) is 0 Å². The maximum absolute atomic E-state index is 12.8. The summed E-state index contributed by atoms with van der Waals surface area (Å²) in [6, 6.07) is 3.50. The van der Waals surface area contributed by atoms with E-state index < -0.39 is 15.4 Å². The summed E-state index contributed by atoms with van der Waals surface area (Å²) in [6.07, 6.45) is 1.42. The van der Waals surface area contributed by atoms with Gasteiger partial charge in [0.2, 0.25) is 5.91 Å². The standard InChI is InChI=1S/C17H29N3O3S2/c1-16(2,3)15(21)19-9-7-13-5-6-14(24-13)25(22,23)20-10-8-17(4,11-18)12-20/h5-6H,7-12,18H2,1-4H3,(H,19,21). The van der Waals surface area contributed by atoms with Crippen LogP contribution in [0.5, 0.6) is 0 Å². The van der Waals surface area contributed by atoms with Crippen LogP contribution in [-0.2, 0) is 21.2 Å². The summed E-state index contributed by atoms with van der Waals surface area (Å²) in [4.78, 5) is 12.8. The van der Waals surface area contributed by atoms with Crippen LogP contribution in [0.25, 0.3) is 0 Å². The van der Waals surface area contributed by atoms with E-state index in [2.05, 4.69) is 5.32 Å². The predicted molar refractivity (Wildman–Crippen MR) is 101 cm³/mol. The number of carbonyl (C=O) groups is 1. The van der Waals surface area contributed by atoms with Crippen LogP contribution >= 0.6 is 11.3 Å². The third kappa shape index (κ3) is 4.81. The van der Waals surface area contributed by atoms with E-state index in [0.29, 0.717) is 36.8 Å². The lowest BCUT2D eigenvalue weighted by molar-refractivity contribution is -0.128. The maximum Gasteiger partial charge on any atom is 0.252 e. The Balaban J connectivity index is 1.97. The lowest BCUT2D eigenvalue weighted by Crippen LogP contribution is -2.35. The Kier molecular flexibility index (Phi) is 5.98. The van der Waals surface area contributed by atoms with Crippen LogP contribution in [-0.4, -0.2) is 44.8 Å². The fraction of sp³-hybridized carbons (Fsp3) is 0.706. The van der Waals surface area contributed by atoms with Crippen molar-refractivity contribution in [2.75, 3.05) is 26.2 Å². The van der Waals surface area contributed by atoms with Gasteiger partial charge in [0.05, 0.1) is 0 Å². The molecule has 0 bridgehead atoms. The van der Waals surface area contributed by atoms with Gasteiger partial charge in [0.25, 0.3) is 10.0 Å². The molecule has 0 saturated carbocycles. The Hall–Kier alpha value is -0.960. The summed E-state index contributed by atoms with van der Waals surface area (Å²) in [5.41, 5.74) is 5.22. The molecule has 3 N–H and O–H groups in total. The van der Waals surface area contributed by atoms with Gasteiger partial charge in [0.1, 0.15) is 4.21 Å². The zero-order valence-electron chi connectivity index (χ0n) is 15.5. The summed E-state index contributed by atoms with van der Waals surface area (Å²) >= 11 is 1.28. The normalized spacial score (nSPS) is 22.3. The topological polar surface area (TPSA) is 92.5 Å². The highest BCUT2D eigenvalue weighted by molar-refractivity contribution is 7.91. The average Bonchev–Trinajstić information content (AvgIpc) is 3.14. The molecular weight excluding hydrogens is 358 g/mol. The van der Waals surface area contributed by atoms with Gasteiger partial charge in [-0.3, -0.25) is 4.79 Å². The second-order valence-corrected chi connectivity index (χ2v) is 11.4. The number of hydrogen-bond donors (Lipinski definition) is 2. The number of thiophene rings is 1. The molecule has 1 aliphatic rings. The SMILES string of the molecule is CC1(CN)CCN(S(=O)(=O)c2ccc(CCNC(=O)C(C)(C)C)s2)C1.